The van der Waals surface area contributed by atoms with Crippen molar-refractivity contribution in [1.29, 1.82) is 0 Å². The highest BCUT2D eigenvalue weighted by Crippen LogP contribution is 2.29. The van der Waals surface area contributed by atoms with Crippen LogP contribution in [0.3, 0.4) is 0 Å². The summed E-state index contributed by atoms with van der Waals surface area (Å²) < 4.78 is 5.39. The number of carbonyl (C=O) groups excluding carboxylic acids is 1. The lowest BCUT2D eigenvalue weighted by Crippen LogP contribution is -2.49. The maximum atomic E-state index is 13.3. The lowest BCUT2D eigenvalue weighted by atomic mass is 10.0. The predicted molar refractivity (Wildman–Crippen MR) is 127 cm³/mol. The van der Waals surface area contributed by atoms with Gasteiger partial charge in [-0.05, 0) is 42.5 Å². The van der Waals surface area contributed by atoms with Gasteiger partial charge >= 0.3 is 0 Å². The normalized spacial score (nSPS) is 15.7. The van der Waals surface area contributed by atoms with Crippen LogP contribution in [0.1, 0.15) is 16.9 Å². The van der Waals surface area contributed by atoms with Crippen molar-refractivity contribution in [2.24, 2.45) is 4.99 Å². The van der Waals surface area contributed by atoms with Gasteiger partial charge in [0.25, 0.3) is 5.91 Å². The summed E-state index contributed by atoms with van der Waals surface area (Å²) in [4.78, 5) is 21.4. The van der Waals surface area contributed by atoms with Crippen LogP contribution < -0.4 is 10.2 Å². The van der Waals surface area contributed by atoms with Crippen LogP contribution in [0.5, 0.6) is 0 Å². The van der Waals surface area contributed by atoms with Gasteiger partial charge in [-0.3, -0.25) is 4.79 Å². The summed E-state index contributed by atoms with van der Waals surface area (Å²) in [6.45, 7) is 0.473. The Morgan fingerprint density at radius 1 is 1.23 bits per heavy atom. The monoisotopic (exact) mass is 452 g/mol. The summed E-state index contributed by atoms with van der Waals surface area (Å²) in [5, 5.41) is 4.07. The molecule has 1 N–H and O–H groups in total. The number of furan rings is 1. The molecule has 6 nitrogen and oxygen atoms in total. The molecule has 8 heteroatoms. The Morgan fingerprint density at radius 3 is 2.71 bits per heavy atom. The number of nitrogens with zero attached hydrogens (tertiary/aromatic N) is 3. The molecular formula is C23H21ClN4O2S. The summed E-state index contributed by atoms with van der Waals surface area (Å²) in [7, 11) is 3.56. The van der Waals surface area contributed by atoms with Crippen LogP contribution in [-0.4, -0.2) is 41.9 Å². The van der Waals surface area contributed by atoms with Crippen molar-refractivity contribution in [1.82, 2.24) is 10.2 Å². The third kappa shape index (κ3) is 4.47. The van der Waals surface area contributed by atoms with Gasteiger partial charge in [-0.25, -0.2) is 4.99 Å². The van der Waals surface area contributed by atoms with E-state index in [0.29, 0.717) is 22.4 Å². The van der Waals surface area contributed by atoms with Crippen molar-refractivity contribution in [3.05, 3.63) is 88.8 Å². The molecule has 0 bridgehead atoms. The predicted octanol–water partition coefficient (Wildman–Crippen LogP) is 4.08. The molecule has 1 amide bonds. The number of anilines is 1. The van der Waals surface area contributed by atoms with Crippen molar-refractivity contribution in [2.75, 3.05) is 19.0 Å². The van der Waals surface area contributed by atoms with E-state index in [9.17, 15) is 4.79 Å². The zero-order valence-electron chi connectivity index (χ0n) is 17.1. The first kappa shape index (κ1) is 21.1. The molecule has 0 radical (unpaired) electrons. The number of rotatable bonds is 4. The average Bonchev–Trinajstić information content (AvgIpc) is 3.26. The molecule has 158 valence electrons. The summed E-state index contributed by atoms with van der Waals surface area (Å²) >= 11 is 11.8. The number of amides is 1. The first-order valence-electron chi connectivity index (χ1n) is 9.69. The topological polar surface area (TPSA) is 61.1 Å². The molecule has 1 atom stereocenters. The molecule has 0 spiro atoms. The fourth-order valence-electron chi connectivity index (χ4n) is 3.40. The van der Waals surface area contributed by atoms with Gasteiger partial charge in [0.2, 0.25) is 6.17 Å². The number of hydrogen-bond donors (Lipinski definition) is 1. The first-order valence-corrected chi connectivity index (χ1v) is 10.5. The van der Waals surface area contributed by atoms with Crippen molar-refractivity contribution < 1.29 is 9.21 Å². The number of likely N-dealkylation sites (N-methyl/N-ethyl adjacent to an activating group) is 1. The molecular weight excluding hydrogens is 432 g/mol. The number of aliphatic imine (C=N–C) groups is 1. The molecule has 4 rings (SSSR count). The molecule has 31 heavy (non-hydrogen) atoms. The highest BCUT2D eigenvalue weighted by Gasteiger charge is 2.31. The van der Waals surface area contributed by atoms with Gasteiger partial charge in [0.1, 0.15) is 5.76 Å². The van der Waals surface area contributed by atoms with E-state index >= 15 is 0 Å². The highest BCUT2D eigenvalue weighted by atomic mass is 35.5. The van der Waals surface area contributed by atoms with Gasteiger partial charge in [0.15, 0.2) is 5.11 Å². The van der Waals surface area contributed by atoms with E-state index in [1.54, 1.807) is 29.2 Å². The molecule has 0 saturated heterocycles. The lowest BCUT2D eigenvalue weighted by Gasteiger charge is -2.25. The second kappa shape index (κ2) is 8.91. The number of halogens is 1. The zero-order valence-corrected chi connectivity index (χ0v) is 18.7. The molecule has 0 fully saturated rings. The number of fused-ring (bicyclic) bond motifs is 1. The Morgan fingerprint density at radius 2 is 2.00 bits per heavy atom. The average molecular weight is 453 g/mol. The third-order valence-corrected chi connectivity index (χ3v) is 5.69. The molecule has 1 unspecified atom stereocenters. The summed E-state index contributed by atoms with van der Waals surface area (Å²) in [5.74, 6) is 0.551. The fraction of sp³-hybridized carbons (Fsp3) is 0.174. The standard InChI is InChI=1S/C23H21ClN4O2S/c1-27(14-17-9-6-12-30-17)23(31)26-21-22(29)28(2)19-11-10-16(24)13-18(19)20(25-21)15-7-4-3-5-8-15/h3-13,21H,14H2,1-2H3,(H,26,31). The molecule has 1 aliphatic rings. The maximum absolute atomic E-state index is 13.3. The summed E-state index contributed by atoms with van der Waals surface area (Å²) in [5.41, 5.74) is 3.07. The van der Waals surface area contributed by atoms with Gasteiger partial charge in [-0.1, -0.05) is 41.9 Å². The van der Waals surface area contributed by atoms with Gasteiger partial charge in [-0.15, -0.1) is 0 Å². The van der Waals surface area contributed by atoms with E-state index in [1.165, 1.54) is 0 Å². The van der Waals surface area contributed by atoms with E-state index in [1.807, 2.05) is 61.6 Å². The van der Waals surface area contributed by atoms with Crippen LogP contribution in [0.15, 0.2) is 76.3 Å². The largest absolute Gasteiger partial charge is 0.467 e. The van der Waals surface area contributed by atoms with E-state index in [2.05, 4.69) is 5.32 Å². The molecule has 3 aromatic rings. The van der Waals surface area contributed by atoms with Crippen molar-refractivity contribution in [3.63, 3.8) is 0 Å². The smallest absolute Gasteiger partial charge is 0.272 e. The number of carbonyl (C=O) groups is 1. The number of thiocarbonyl (C=S) groups is 1. The van der Waals surface area contributed by atoms with Gasteiger partial charge < -0.3 is 19.5 Å². The minimum Gasteiger partial charge on any atom is -0.467 e. The summed E-state index contributed by atoms with van der Waals surface area (Å²) in [6.07, 6.45) is 0.723. The Bertz CT molecular complexity index is 1130. The van der Waals surface area contributed by atoms with Crippen LogP contribution >= 0.6 is 23.8 Å². The molecule has 0 saturated carbocycles. The second-order valence-corrected chi connectivity index (χ2v) is 8.01. The highest BCUT2D eigenvalue weighted by molar-refractivity contribution is 7.80. The third-order valence-electron chi connectivity index (χ3n) is 5.02. The van der Waals surface area contributed by atoms with Crippen LogP contribution in [0.25, 0.3) is 0 Å². The zero-order chi connectivity index (χ0) is 22.0. The fourth-order valence-corrected chi connectivity index (χ4v) is 3.75. The van der Waals surface area contributed by atoms with Gasteiger partial charge in [0, 0.05) is 30.2 Å². The first-order chi connectivity index (χ1) is 14.9. The van der Waals surface area contributed by atoms with Crippen LogP contribution in [0.2, 0.25) is 5.02 Å². The Labute approximate surface area is 191 Å². The van der Waals surface area contributed by atoms with Crippen LogP contribution in [-0.2, 0) is 11.3 Å². The van der Waals surface area contributed by atoms with Crippen molar-refractivity contribution in [3.8, 4) is 0 Å². The number of hydrogen-bond acceptors (Lipinski definition) is 4. The minimum atomic E-state index is -0.891. The van der Waals surface area contributed by atoms with Crippen LogP contribution in [0, 0.1) is 0 Å². The number of benzene rings is 2. The van der Waals surface area contributed by atoms with Crippen molar-refractivity contribution in [2.45, 2.75) is 12.7 Å². The molecule has 1 aromatic heterocycles. The Hall–Kier alpha value is -3.16. The van der Waals surface area contributed by atoms with E-state index < -0.39 is 6.17 Å². The maximum Gasteiger partial charge on any atom is 0.272 e. The number of nitrogens with one attached hydrogen (secondary N) is 1. The van der Waals surface area contributed by atoms with Gasteiger partial charge in [-0.2, -0.15) is 0 Å². The minimum absolute atomic E-state index is 0.219. The molecule has 2 aromatic carbocycles. The quantitative estimate of drug-likeness (QED) is 0.604. The van der Waals surface area contributed by atoms with Crippen LogP contribution in [0.4, 0.5) is 5.69 Å². The Balaban J connectivity index is 1.70. The van der Waals surface area contributed by atoms with E-state index in [4.69, 9.17) is 33.2 Å². The van der Waals surface area contributed by atoms with E-state index in [0.717, 1.165) is 22.6 Å². The summed E-state index contributed by atoms with van der Waals surface area (Å²) in [6, 6.07) is 18.8. The van der Waals surface area contributed by atoms with E-state index in [-0.39, 0.29) is 5.91 Å². The molecule has 2 heterocycles. The SMILES string of the molecule is CN(Cc1ccco1)C(=S)NC1N=C(c2ccccc2)c2cc(Cl)ccc2N(C)C1=O. The second-order valence-electron chi connectivity index (χ2n) is 7.19. The Kier molecular flexibility index (Phi) is 6.06. The molecule has 0 aliphatic carbocycles. The number of benzodiazepines with no additional fused rings is 1. The van der Waals surface area contributed by atoms with Crippen molar-refractivity contribution >= 4 is 46.2 Å². The lowest BCUT2D eigenvalue weighted by molar-refractivity contribution is -0.119. The molecule has 1 aliphatic heterocycles. The van der Waals surface area contributed by atoms with Gasteiger partial charge in [0.05, 0.1) is 24.2 Å².